The summed E-state index contributed by atoms with van der Waals surface area (Å²) in [6.07, 6.45) is 0. The number of hydrogen-bond acceptors (Lipinski definition) is 2. The summed E-state index contributed by atoms with van der Waals surface area (Å²) in [6, 6.07) is 96.3. The Morgan fingerprint density at radius 2 is 0.422 bits per heavy atom. The van der Waals surface area contributed by atoms with Gasteiger partial charge in [0.15, 0.2) is 0 Å². The van der Waals surface area contributed by atoms with E-state index in [0.717, 1.165) is 45.3 Å². The van der Waals surface area contributed by atoms with Crippen molar-refractivity contribution in [2.75, 3.05) is 9.80 Å². The summed E-state index contributed by atoms with van der Waals surface area (Å²) >= 11 is 0. The maximum atomic E-state index is 2.36. The smallest absolute Gasteiger partial charge is 0.0468 e. The van der Waals surface area contributed by atoms with Gasteiger partial charge in [-0.05, 0) is 145 Å². The molecular weight excluding hydrogens is 773 g/mol. The first-order valence-corrected chi connectivity index (χ1v) is 21.9. The van der Waals surface area contributed by atoms with Crippen LogP contribution < -0.4 is 9.80 Å². The molecule has 0 unspecified atom stereocenters. The molecule has 0 radical (unpaired) electrons. The molecule has 0 aliphatic carbocycles. The van der Waals surface area contributed by atoms with E-state index in [9.17, 15) is 0 Å². The Morgan fingerprint density at radius 3 is 0.812 bits per heavy atom. The van der Waals surface area contributed by atoms with Gasteiger partial charge < -0.3 is 9.80 Å². The summed E-state index contributed by atoms with van der Waals surface area (Å²) in [4.78, 5) is 4.70. The predicted molar refractivity (Wildman–Crippen MR) is 273 cm³/mol. The minimum absolute atomic E-state index is 1.09. The zero-order chi connectivity index (χ0) is 42.7. The van der Waals surface area contributed by atoms with E-state index >= 15 is 0 Å². The van der Waals surface area contributed by atoms with Crippen LogP contribution in [0.15, 0.2) is 267 Å². The van der Waals surface area contributed by atoms with Crippen LogP contribution in [-0.4, -0.2) is 0 Å². The van der Waals surface area contributed by atoms with E-state index in [1.165, 1.54) is 54.9 Å². The van der Waals surface area contributed by atoms with Gasteiger partial charge in [-0.25, -0.2) is 0 Å². The van der Waals surface area contributed by atoms with Crippen LogP contribution in [0.4, 0.5) is 34.1 Å². The van der Waals surface area contributed by atoms with Crippen LogP contribution in [0.1, 0.15) is 0 Å². The molecule has 11 aromatic rings. The lowest BCUT2D eigenvalue weighted by molar-refractivity contribution is 1.28. The Bertz CT molecular complexity index is 3260. The summed E-state index contributed by atoms with van der Waals surface area (Å²) < 4.78 is 0. The number of anilines is 6. The average molecular weight is 817 g/mol. The maximum absolute atomic E-state index is 2.36. The van der Waals surface area contributed by atoms with Crippen molar-refractivity contribution in [1.29, 1.82) is 0 Å². The standard InChI is InChI=1S/C62H44N2/c1-3-12-45(13-4-1)49-22-32-57(33-23-49)63(59-38-28-52(29-39-59)54-21-11-20-53(42-54)46-14-5-2-6-15-46)58-34-24-50(25-35-58)51-26-36-60(37-27-51)64(61-40-30-47-16-7-9-18-55(47)43-61)62-41-31-48-17-8-10-19-56(48)44-62/h1-44H. The van der Waals surface area contributed by atoms with E-state index in [-0.39, 0.29) is 0 Å². The van der Waals surface area contributed by atoms with Crippen LogP contribution >= 0.6 is 0 Å². The van der Waals surface area contributed by atoms with Crippen molar-refractivity contribution in [1.82, 2.24) is 0 Å². The Balaban J connectivity index is 0.920. The fourth-order valence-electron chi connectivity index (χ4n) is 8.88. The van der Waals surface area contributed by atoms with Gasteiger partial charge in [0.05, 0.1) is 0 Å². The normalized spacial score (nSPS) is 11.1. The molecule has 0 aliphatic rings. The number of rotatable bonds is 10. The molecule has 0 saturated heterocycles. The van der Waals surface area contributed by atoms with E-state index in [1.807, 2.05) is 0 Å². The third kappa shape index (κ3) is 7.81. The monoisotopic (exact) mass is 816 g/mol. The van der Waals surface area contributed by atoms with Crippen LogP contribution in [0.3, 0.4) is 0 Å². The number of benzene rings is 11. The molecule has 302 valence electrons. The van der Waals surface area contributed by atoms with Crippen LogP contribution in [0.5, 0.6) is 0 Å². The maximum Gasteiger partial charge on any atom is 0.0468 e. The van der Waals surface area contributed by atoms with Crippen molar-refractivity contribution < 1.29 is 0 Å². The first kappa shape index (κ1) is 38.5. The highest BCUT2D eigenvalue weighted by Crippen LogP contribution is 2.41. The highest BCUT2D eigenvalue weighted by molar-refractivity contribution is 5.93. The molecule has 0 saturated carbocycles. The molecule has 0 fully saturated rings. The topological polar surface area (TPSA) is 6.48 Å². The second-order valence-electron chi connectivity index (χ2n) is 16.2. The van der Waals surface area contributed by atoms with E-state index < -0.39 is 0 Å². The van der Waals surface area contributed by atoms with Gasteiger partial charge in [-0.3, -0.25) is 0 Å². The molecule has 0 atom stereocenters. The van der Waals surface area contributed by atoms with Gasteiger partial charge in [-0.15, -0.1) is 0 Å². The molecule has 11 rings (SSSR count). The molecule has 2 nitrogen and oxygen atoms in total. The fraction of sp³-hybridized carbons (Fsp3) is 0. The van der Waals surface area contributed by atoms with Crippen molar-refractivity contribution in [3.05, 3.63) is 267 Å². The SMILES string of the molecule is c1ccc(-c2ccc(N(c3ccc(-c4ccc(N(c5ccc6ccccc6c5)c5ccc6ccccc6c5)cc4)cc3)c3ccc(-c4cccc(-c5ccccc5)c4)cc3)cc2)cc1. The van der Waals surface area contributed by atoms with Crippen molar-refractivity contribution in [2.45, 2.75) is 0 Å². The summed E-state index contributed by atoms with van der Waals surface area (Å²) in [7, 11) is 0. The average Bonchev–Trinajstić information content (AvgIpc) is 3.38. The number of hydrogen-bond donors (Lipinski definition) is 0. The molecule has 0 aliphatic heterocycles. The lowest BCUT2D eigenvalue weighted by Crippen LogP contribution is -2.10. The van der Waals surface area contributed by atoms with E-state index in [2.05, 4.69) is 277 Å². The molecule has 64 heavy (non-hydrogen) atoms. The summed E-state index contributed by atoms with van der Waals surface area (Å²) in [5, 5.41) is 4.89. The van der Waals surface area contributed by atoms with Gasteiger partial charge >= 0.3 is 0 Å². The number of nitrogens with zero attached hydrogens (tertiary/aromatic N) is 2. The Hall–Kier alpha value is -8.46. The van der Waals surface area contributed by atoms with Gasteiger partial charge in [0.2, 0.25) is 0 Å². The highest BCUT2D eigenvalue weighted by atomic mass is 15.1. The van der Waals surface area contributed by atoms with Gasteiger partial charge in [-0.2, -0.15) is 0 Å². The summed E-state index contributed by atoms with van der Waals surface area (Å²) in [6.45, 7) is 0. The van der Waals surface area contributed by atoms with Crippen LogP contribution in [0.2, 0.25) is 0 Å². The van der Waals surface area contributed by atoms with Gasteiger partial charge in [0.1, 0.15) is 0 Å². The molecular formula is C62H44N2. The minimum Gasteiger partial charge on any atom is -0.311 e. The molecule has 0 spiro atoms. The Kier molecular flexibility index (Phi) is 10.3. The van der Waals surface area contributed by atoms with Crippen LogP contribution in [-0.2, 0) is 0 Å². The van der Waals surface area contributed by atoms with Gasteiger partial charge in [-0.1, -0.05) is 188 Å². The molecule has 0 aromatic heterocycles. The molecule has 11 aromatic carbocycles. The molecule has 0 amide bonds. The fourth-order valence-corrected chi connectivity index (χ4v) is 8.88. The lowest BCUT2D eigenvalue weighted by Gasteiger charge is -2.27. The predicted octanol–water partition coefficient (Wildman–Crippen LogP) is 17.6. The third-order valence-corrected chi connectivity index (χ3v) is 12.2. The summed E-state index contributed by atoms with van der Waals surface area (Å²) in [5.74, 6) is 0. The molecule has 0 heterocycles. The zero-order valence-electron chi connectivity index (χ0n) is 35.3. The van der Waals surface area contributed by atoms with Crippen molar-refractivity contribution in [3.8, 4) is 44.5 Å². The molecule has 0 N–H and O–H groups in total. The molecule has 0 bridgehead atoms. The summed E-state index contributed by atoms with van der Waals surface area (Å²) in [5.41, 5.74) is 16.1. The lowest BCUT2D eigenvalue weighted by atomic mass is 9.98. The highest BCUT2D eigenvalue weighted by Gasteiger charge is 2.17. The Morgan fingerprint density at radius 1 is 0.156 bits per heavy atom. The quantitative estimate of drug-likeness (QED) is 0.136. The van der Waals surface area contributed by atoms with Crippen LogP contribution in [0.25, 0.3) is 66.1 Å². The minimum atomic E-state index is 1.09. The van der Waals surface area contributed by atoms with Gasteiger partial charge in [0.25, 0.3) is 0 Å². The third-order valence-electron chi connectivity index (χ3n) is 12.2. The Labute approximate surface area is 375 Å². The van der Waals surface area contributed by atoms with Crippen molar-refractivity contribution in [2.24, 2.45) is 0 Å². The van der Waals surface area contributed by atoms with Crippen molar-refractivity contribution >= 4 is 55.7 Å². The van der Waals surface area contributed by atoms with E-state index in [0.29, 0.717) is 0 Å². The zero-order valence-corrected chi connectivity index (χ0v) is 35.3. The first-order chi connectivity index (χ1) is 31.7. The first-order valence-electron chi connectivity index (χ1n) is 21.9. The van der Waals surface area contributed by atoms with Crippen LogP contribution in [0, 0.1) is 0 Å². The second-order valence-corrected chi connectivity index (χ2v) is 16.2. The molecule has 2 heteroatoms. The van der Waals surface area contributed by atoms with E-state index in [4.69, 9.17) is 0 Å². The second kappa shape index (κ2) is 17.1. The number of fused-ring (bicyclic) bond motifs is 2. The largest absolute Gasteiger partial charge is 0.311 e. The van der Waals surface area contributed by atoms with E-state index in [1.54, 1.807) is 0 Å². The van der Waals surface area contributed by atoms with Gasteiger partial charge in [0, 0.05) is 34.1 Å². The van der Waals surface area contributed by atoms with Crippen molar-refractivity contribution in [3.63, 3.8) is 0 Å².